The molecule has 0 spiro atoms. The minimum absolute atomic E-state index is 0.510. The predicted octanol–water partition coefficient (Wildman–Crippen LogP) is 3.51. The smallest absolute Gasteiger partial charge is 0.0406 e. The molecule has 0 saturated carbocycles. The van der Waals surface area contributed by atoms with Crippen LogP contribution < -0.4 is 5.73 Å². The molecule has 2 aromatic rings. The normalized spacial score (nSPS) is 22.6. The fourth-order valence-corrected chi connectivity index (χ4v) is 3.38. The Bertz CT molecular complexity index is 568. The Morgan fingerprint density at radius 2 is 1.71 bits per heavy atom. The van der Waals surface area contributed by atoms with Gasteiger partial charge >= 0.3 is 0 Å². The van der Waals surface area contributed by atoms with Gasteiger partial charge in [0.05, 0.1) is 0 Å². The Morgan fingerprint density at radius 3 is 2.38 bits per heavy atom. The minimum atomic E-state index is 0.510. The van der Waals surface area contributed by atoms with Gasteiger partial charge in [0.1, 0.15) is 0 Å². The van der Waals surface area contributed by atoms with Crippen LogP contribution in [0.5, 0.6) is 0 Å². The molecule has 110 valence electrons. The van der Waals surface area contributed by atoms with E-state index in [4.69, 9.17) is 17.3 Å². The average molecular weight is 301 g/mol. The van der Waals surface area contributed by atoms with Crippen LogP contribution in [0.1, 0.15) is 17.0 Å². The van der Waals surface area contributed by atoms with Crippen LogP contribution in [-0.4, -0.2) is 24.5 Å². The van der Waals surface area contributed by atoms with Crippen molar-refractivity contribution in [1.82, 2.24) is 4.90 Å². The highest BCUT2D eigenvalue weighted by atomic mass is 35.5. The monoisotopic (exact) mass is 300 g/mol. The second-order valence-electron chi connectivity index (χ2n) is 5.83. The summed E-state index contributed by atoms with van der Waals surface area (Å²) in [4.78, 5) is 2.51. The maximum atomic E-state index is 5.99. The third-order valence-electron chi connectivity index (χ3n) is 4.37. The van der Waals surface area contributed by atoms with Gasteiger partial charge in [0, 0.05) is 30.6 Å². The van der Waals surface area contributed by atoms with Gasteiger partial charge in [0.15, 0.2) is 0 Å². The average Bonchev–Trinajstić information content (AvgIpc) is 2.92. The molecule has 2 aromatic carbocycles. The fraction of sp³-hybridized carbons (Fsp3) is 0.333. The number of halogens is 1. The van der Waals surface area contributed by atoms with Crippen molar-refractivity contribution in [2.24, 2.45) is 11.7 Å². The lowest BCUT2D eigenvalue weighted by atomic mass is 9.89. The highest BCUT2D eigenvalue weighted by molar-refractivity contribution is 6.30. The van der Waals surface area contributed by atoms with E-state index in [1.165, 1.54) is 11.1 Å². The first-order valence-electron chi connectivity index (χ1n) is 7.48. The Morgan fingerprint density at radius 1 is 1.00 bits per heavy atom. The van der Waals surface area contributed by atoms with Crippen molar-refractivity contribution in [3.05, 3.63) is 70.7 Å². The molecule has 1 aliphatic rings. The molecule has 0 aromatic heterocycles. The number of hydrogen-bond donors (Lipinski definition) is 1. The summed E-state index contributed by atoms with van der Waals surface area (Å²) in [6.45, 7) is 3.87. The Labute approximate surface area is 131 Å². The summed E-state index contributed by atoms with van der Waals surface area (Å²) >= 11 is 5.99. The summed E-state index contributed by atoms with van der Waals surface area (Å²) in [6.07, 6.45) is 0. The van der Waals surface area contributed by atoms with Crippen molar-refractivity contribution in [3.8, 4) is 0 Å². The van der Waals surface area contributed by atoms with Gasteiger partial charge in [0.25, 0.3) is 0 Å². The first kappa shape index (κ1) is 14.6. The number of nitrogens with two attached hydrogens (primary N) is 1. The molecular formula is C18H21ClN2. The maximum absolute atomic E-state index is 5.99. The zero-order valence-corrected chi connectivity index (χ0v) is 12.8. The van der Waals surface area contributed by atoms with Crippen LogP contribution >= 0.6 is 11.6 Å². The van der Waals surface area contributed by atoms with Gasteiger partial charge in [0.2, 0.25) is 0 Å². The number of nitrogens with zero attached hydrogens (tertiary/aromatic N) is 1. The van der Waals surface area contributed by atoms with Crippen LogP contribution in [0.25, 0.3) is 0 Å². The molecule has 1 fully saturated rings. The van der Waals surface area contributed by atoms with Crippen LogP contribution in [0.15, 0.2) is 54.6 Å². The molecule has 3 heteroatoms. The van der Waals surface area contributed by atoms with Crippen molar-refractivity contribution in [1.29, 1.82) is 0 Å². The molecule has 2 atom stereocenters. The van der Waals surface area contributed by atoms with E-state index < -0.39 is 0 Å². The molecule has 3 rings (SSSR count). The molecule has 0 radical (unpaired) electrons. The quantitative estimate of drug-likeness (QED) is 0.936. The van der Waals surface area contributed by atoms with Gasteiger partial charge in [-0.3, -0.25) is 4.90 Å². The highest BCUT2D eigenvalue weighted by Gasteiger charge is 2.32. The summed E-state index contributed by atoms with van der Waals surface area (Å²) in [5, 5.41) is 0.794. The summed E-state index contributed by atoms with van der Waals surface area (Å²) in [6, 6.07) is 18.9. The van der Waals surface area contributed by atoms with Gasteiger partial charge in [-0.2, -0.15) is 0 Å². The molecule has 2 nitrogen and oxygen atoms in total. The van der Waals surface area contributed by atoms with E-state index in [0.717, 1.165) is 31.2 Å². The van der Waals surface area contributed by atoms with Crippen LogP contribution in [-0.2, 0) is 6.54 Å². The van der Waals surface area contributed by atoms with Crippen LogP contribution in [0.2, 0.25) is 5.02 Å². The number of hydrogen-bond acceptors (Lipinski definition) is 2. The number of benzene rings is 2. The lowest BCUT2D eigenvalue weighted by Gasteiger charge is -2.17. The first-order valence-corrected chi connectivity index (χ1v) is 7.86. The van der Waals surface area contributed by atoms with E-state index in [1.807, 2.05) is 12.1 Å². The molecule has 0 amide bonds. The Kier molecular flexibility index (Phi) is 4.59. The molecule has 21 heavy (non-hydrogen) atoms. The van der Waals surface area contributed by atoms with E-state index in [9.17, 15) is 0 Å². The largest absolute Gasteiger partial charge is 0.330 e. The summed E-state index contributed by atoms with van der Waals surface area (Å²) in [7, 11) is 0. The lowest BCUT2D eigenvalue weighted by molar-refractivity contribution is 0.317. The molecule has 1 heterocycles. The topological polar surface area (TPSA) is 29.3 Å². The number of likely N-dealkylation sites (tertiary alicyclic amines) is 1. The summed E-state index contributed by atoms with van der Waals surface area (Å²) in [5.74, 6) is 1.03. The molecule has 1 aliphatic heterocycles. The Balaban J connectivity index is 1.72. The standard InChI is InChI=1S/C18H21ClN2/c19-17-8-6-15(7-9-17)18-13-21(12-16(18)10-20)11-14-4-2-1-3-5-14/h1-9,16,18H,10-13,20H2/t16-,18-/m1/s1. The molecular weight excluding hydrogens is 280 g/mol. The molecule has 0 bridgehead atoms. The molecule has 0 aliphatic carbocycles. The highest BCUT2D eigenvalue weighted by Crippen LogP contribution is 2.33. The van der Waals surface area contributed by atoms with E-state index in [2.05, 4.69) is 47.4 Å². The van der Waals surface area contributed by atoms with Crippen molar-refractivity contribution in [2.45, 2.75) is 12.5 Å². The van der Waals surface area contributed by atoms with Crippen molar-refractivity contribution >= 4 is 11.6 Å². The van der Waals surface area contributed by atoms with Gasteiger partial charge in [-0.25, -0.2) is 0 Å². The fourth-order valence-electron chi connectivity index (χ4n) is 3.26. The molecule has 0 unspecified atom stereocenters. The Hall–Kier alpha value is -1.35. The van der Waals surface area contributed by atoms with Gasteiger partial charge in [-0.15, -0.1) is 0 Å². The summed E-state index contributed by atoms with van der Waals surface area (Å²) in [5.41, 5.74) is 8.71. The first-order chi connectivity index (χ1) is 10.3. The molecule has 2 N–H and O–H groups in total. The van der Waals surface area contributed by atoms with Crippen molar-refractivity contribution < 1.29 is 0 Å². The van der Waals surface area contributed by atoms with Crippen molar-refractivity contribution in [2.75, 3.05) is 19.6 Å². The predicted molar refractivity (Wildman–Crippen MR) is 88.5 cm³/mol. The zero-order chi connectivity index (χ0) is 14.7. The third kappa shape index (κ3) is 3.46. The lowest BCUT2D eigenvalue weighted by Crippen LogP contribution is -2.23. The van der Waals surface area contributed by atoms with E-state index >= 15 is 0 Å². The van der Waals surface area contributed by atoms with Crippen LogP contribution in [0, 0.1) is 5.92 Å². The van der Waals surface area contributed by atoms with E-state index in [-0.39, 0.29) is 0 Å². The third-order valence-corrected chi connectivity index (χ3v) is 4.62. The number of rotatable bonds is 4. The van der Waals surface area contributed by atoms with Crippen molar-refractivity contribution in [3.63, 3.8) is 0 Å². The van der Waals surface area contributed by atoms with E-state index in [0.29, 0.717) is 11.8 Å². The SMILES string of the molecule is NC[C@@H]1CN(Cc2ccccc2)C[C@@H]1c1ccc(Cl)cc1. The van der Waals surface area contributed by atoms with Gasteiger partial charge in [-0.1, -0.05) is 54.1 Å². The molecule has 1 saturated heterocycles. The second-order valence-corrected chi connectivity index (χ2v) is 6.27. The van der Waals surface area contributed by atoms with Gasteiger partial charge < -0.3 is 5.73 Å². The second kappa shape index (κ2) is 6.61. The van der Waals surface area contributed by atoms with E-state index in [1.54, 1.807) is 0 Å². The van der Waals surface area contributed by atoms with Gasteiger partial charge in [-0.05, 0) is 35.7 Å². The summed E-state index contributed by atoms with van der Waals surface area (Å²) < 4.78 is 0. The van der Waals surface area contributed by atoms with Crippen LogP contribution in [0.3, 0.4) is 0 Å². The zero-order valence-electron chi connectivity index (χ0n) is 12.1. The maximum Gasteiger partial charge on any atom is 0.0406 e. The minimum Gasteiger partial charge on any atom is -0.330 e. The van der Waals surface area contributed by atoms with Crippen LogP contribution in [0.4, 0.5) is 0 Å².